The standard InChI is InChI=1S/C15H19F2NO/c1-10(13-8-7-12(16)9-14(13)17)18-15(19)11-5-3-2-4-6-11/h7-11H,2-6H2,1H3,(H,18,19). The van der Waals surface area contributed by atoms with Crippen LogP contribution >= 0.6 is 0 Å². The van der Waals surface area contributed by atoms with Crippen LogP contribution in [0.1, 0.15) is 50.6 Å². The van der Waals surface area contributed by atoms with Crippen LogP contribution in [0, 0.1) is 17.6 Å². The molecule has 1 fully saturated rings. The number of hydrogen-bond donors (Lipinski definition) is 1. The van der Waals surface area contributed by atoms with Crippen LogP contribution in [0.4, 0.5) is 8.78 Å². The molecule has 0 spiro atoms. The third-order valence-corrected chi connectivity index (χ3v) is 3.76. The summed E-state index contributed by atoms with van der Waals surface area (Å²) >= 11 is 0. The minimum absolute atomic E-state index is 0.0177. The summed E-state index contributed by atoms with van der Waals surface area (Å²) in [5.74, 6) is -1.20. The van der Waals surface area contributed by atoms with Crippen molar-refractivity contribution in [1.29, 1.82) is 0 Å². The fourth-order valence-corrected chi connectivity index (χ4v) is 2.63. The first-order chi connectivity index (χ1) is 9.08. The van der Waals surface area contributed by atoms with Gasteiger partial charge in [0.05, 0.1) is 6.04 Å². The van der Waals surface area contributed by atoms with E-state index in [4.69, 9.17) is 0 Å². The summed E-state index contributed by atoms with van der Waals surface area (Å²) in [6.07, 6.45) is 5.16. The highest BCUT2D eigenvalue weighted by Crippen LogP contribution is 2.25. The molecule has 1 aromatic carbocycles. The van der Waals surface area contributed by atoms with Crippen LogP contribution in [0.15, 0.2) is 18.2 Å². The van der Waals surface area contributed by atoms with Crippen molar-refractivity contribution >= 4 is 5.91 Å². The molecule has 1 N–H and O–H groups in total. The van der Waals surface area contributed by atoms with Gasteiger partial charge in [0.25, 0.3) is 0 Å². The Bertz CT molecular complexity index is 455. The molecule has 1 amide bonds. The van der Waals surface area contributed by atoms with E-state index in [9.17, 15) is 13.6 Å². The van der Waals surface area contributed by atoms with E-state index in [1.165, 1.54) is 18.6 Å². The lowest BCUT2D eigenvalue weighted by molar-refractivity contribution is -0.126. The number of halogens is 2. The van der Waals surface area contributed by atoms with Gasteiger partial charge in [-0.15, -0.1) is 0 Å². The lowest BCUT2D eigenvalue weighted by Crippen LogP contribution is -2.34. The summed E-state index contributed by atoms with van der Waals surface area (Å²) in [4.78, 5) is 12.1. The van der Waals surface area contributed by atoms with Crippen molar-refractivity contribution in [2.24, 2.45) is 5.92 Å². The SMILES string of the molecule is CC(NC(=O)C1CCCCC1)c1ccc(F)cc1F. The van der Waals surface area contributed by atoms with Crippen molar-refractivity contribution in [3.63, 3.8) is 0 Å². The molecule has 1 saturated carbocycles. The van der Waals surface area contributed by atoms with E-state index in [1.54, 1.807) is 6.92 Å². The molecule has 104 valence electrons. The molecule has 1 aromatic rings. The van der Waals surface area contributed by atoms with Gasteiger partial charge < -0.3 is 5.32 Å². The van der Waals surface area contributed by atoms with Gasteiger partial charge in [0.15, 0.2) is 0 Å². The van der Waals surface area contributed by atoms with Crippen molar-refractivity contribution in [1.82, 2.24) is 5.32 Å². The van der Waals surface area contributed by atoms with Crippen molar-refractivity contribution in [3.8, 4) is 0 Å². The highest BCUT2D eigenvalue weighted by molar-refractivity contribution is 5.79. The molecule has 2 rings (SSSR count). The average Bonchev–Trinajstić information content (AvgIpc) is 2.39. The lowest BCUT2D eigenvalue weighted by atomic mass is 9.88. The monoisotopic (exact) mass is 267 g/mol. The predicted molar refractivity (Wildman–Crippen MR) is 69.5 cm³/mol. The average molecular weight is 267 g/mol. The minimum atomic E-state index is -0.614. The summed E-state index contributed by atoms with van der Waals surface area (Å²) in [6, 6.07) is 3.01. The van der Waals surface area contributed by atoms with E-state index in [2.05, 4.69) is 5.32 Å². The molecule has 4 heteroatoms. The highest BCUT2D eigenvalue weighted by atomic mass is 19.1. The number of hydrogen-bond acceptors (Lipinski definition) is 1. The summed E-state index contributed by atoms with van der Waals surface area (Å²) < 4.78 is 26.4. The number of benzene rings is 1. The summed E-state index contributed by atoms with van der Waals surface area (Å²) in [7, 11) is 0. The number of rotatable bonds is 3. The maximum Gasteiger partial charge on any atom is 0.223 e. The van der Waals surface area contributed by atoms with Crippen molar-refractivity contribution < 1.29 is 13.6 Å². The lowest BCUT2D eigenvalue weighted by Gasteiger charge is -2.23. The Morgan fingerprint density at radius 3 is 2.58 bits per heavy atom. The Hall–Kier alpha value is -1.45. The molecule has 1 aliphatic carbocycles. The highest BCUT2D eigenvalue weighted by Gasteiger charge is 2.23. The fourth-order valence-electron chi connectivity index (χ4n) is 2.63. The second kappa shape index (κ2) is 6.13. The molecule has 0 bridgehead atoms. The first kappa shape index (κ1) is 14.0. The Balaban J connectivity index is 1.99. The van der Waals surface area contributed by atoms with Gasteiger partial charge in [-0.25, -0.2) is 8.78 Å². The normalized spacial score (nSPS) is 18.1. The van der Waals surface area contributed by atoms with E-state index in [1.807, 2.05) is 0 Å². The Labute approximate surface area is 112 Å². The largest absolute Gasteiger partial charge is 0.349 e. The quantitative estimate of drug-likeness (QED) is 0.888. The zero-order chi connectivity index (χ0) is 13.8. The van der Waals surface area contributed by atoms with Crippen molar-refractivity contribution in [2.75, 3.05) is 0 Å². The zero-order valence-electron chi connectivity index (χ0n) is 11.1. The Kier molecular flexibility index (Phi) is 4.51. The Morgan fingerprint density at radius 2 is 1.95 bits per heavy atom. The van der Waals surface area contributed by atoms with E-state index in [0.717, 1.165) is 31.7 Å². The molecule has 2 nitrogen and oxygen atoms in total. The molecule has 0 aromatic heterocycles. The van der Waals surface area contributed by atoms with Gasteiger partial charge in [0.1, 0.15) is 11.6 Å². The molecule has 19 heavy (non-hydrogen) atoms. The van der Waals surface area contributed by atoms with E-state index in [0.29, 0.717) is 5.56 Å². The number of carbonyl (C=O) groups excluding carboxylic acids is 1. The van der Waals surface area contributed by atoms with Crippen LogP contribution in [-0.4, -0.2) is 5.91 Å². The smallest absolute Gasteiger partial charge is 0.223 e. The van der Waals surface area contributed by atoms with Gasteiger partial charge in [0.2, 0.25) is 5.91 Å². The van der Waals surface area contributed by atoms with Crippen LogP contribution in [0.2, 0.25) is 0 Å². The minimum Gasteiger partial charge on any atom is -0.349 e. The number of nitrogens with one attached hydrogen (secondary N) is 1. The molecule has 0 radical (unpaired) electrons. The van der Waals surface area contributed by atoms with Crippen LogP contribution in [0.3, 0.4) is 0 Å². The van der Waals surface area contributed by atoms with Crippen molar-refractivity contribution in [3.05, 3.63) is 35.4 Å². The number of amides is 1. The molecular formula is C15H19F2NO. The van der Waals surface area contributed by atoms with Gasteiger partial charge in [-0.05, 0) is 25.8 Å². The second-order valence-electron chi connectivity index (χ2n) is 5.23. The van der Waals surface area contributed by atoms with Crippen LogP contribution in [0.5, 0.6) is 0 Å². The number of carbonyl (C=O) groups is 1. The molecular weight excluding hydrogens is 248 g/mol. The molecule has 1 unspecified atom stereocenters. The van der Waals surface area contributed by atoms with Crippen LogP contribution in [0.25, 0.3) is 0 Å². The maximum absolute atomic E-state index is 13.6. The molecule has 0 heterocycles. The Morgan fingerprint density at radius 1 is 1.26 bits per heavy atom. The van der Waals surface area contributed by atoms with E-state index >= 15 is 0 Å². The summed E-state index contributed by atoms with van der Waals surface area (Å²) in [6.45, 7) is 1.72. The summed E-state index contributed by atoms with van der Waals surface area (Å²) in [5.41, 5.74) is 0.325. The van der Waals surface area contributed by atoms with Gasteiger partial charge in [-0.3, -0.25) is 4.79 Å². The third kappa shape index (κ3) is 3.52. The fraction of sp³-hybridized carbons (Fsp3) is 0.533. The van der Waals surface area contributed by atoms with Gasteiger partial charge in [-0.2, -0.15) is 0 Å². The van der Waals surface area contributed by atoms with Gasteiger partial charge >= 0.3 is 0 Å². The topological polar surface area (TPSA) is 29.1 Å². The first-order valence-electron chi connectivity index (χ1n) is 6.83. The molecule has 1 aliphatic rings. The van der Waals surface area contributed by atoms with Gasteiger partial charge in [0, 0.05) is 17.5 Å². The van der Waals surface area contributed by atoms with Gasteiger partial charge in [-0.1, -0.05) is 25.3 Å². The van der Waals surface area contributed by atoms with Crippen LogP contribution in [-0.2, 0) is 4.79 Å². The van der Waals surface area contributed by atoms with E-state index in [-0.39, 0.29) is 11.8 Å². The zero-order valence-corrected chi connectivity index (χ0v) is 11.1. The van der Waals surface area contributed by atoms with E-state index < -0.39 is 17.7 Å². The predicted octanol–water partition coefficient (Wildman–Crippen LogP) is 3.72. The van der Waals surface area contributed by atoms with Crippen molar-refractivity contribution in [2.45, 2.75) is 45.1 Å². The third-order valence-electron chi connectivity index (χ3n) is 3.76. The molecule has 1 atom stereocenters. The second-order valence-corrected chi connectivity index (χ2v) is 5.23. The maximum atomic E-state index is 13.6. The first-order valence-corrected chi connectivity index (χ1v) is 6.83. The summed E-state index contributed by atoms with van der Waals surface area (Å²) in [5, 5.41) is 2.82. The molecule has 0 saturated heterocycles. The molecule has 0 aliphatic heterocycles. The van der Waals surface area contributed by atoms with Crippen LogP contribution < -0.4 is 5.32 Å².